The highest BCUT2D eigenvalue weighted by Gasteiger charge is 2.22. The third kappa shape index (κ3) is 2.54. The van der Waals surface area contributed by atoms with Crippen LogP contribution in [0.5, 0.6) is 0 Å². The molecule has 0 unspecified atom stereocenters. The second-order valence-corrected chi connectivity index (χ2v) is 0.922. The van der Waals surface area contributed by atoms with E-state index in [0.29, 0.717) is 0 Å². The SMILES string of the molecule is FCN(N(F)F)N(F)F. The summed E-state index contributed by atoms with van der Waals surface area (Å²) >= 11 is 0. The molecule has 8 heteroatoms. The zero-order valence-electron chi connectivity index (χ0n) is 3.94. The van der Waals surface area contributed by atoms with Crippen molar-refractivity contribution in [1.29, 1.82) is 0 Å². The highest BCUT2D eigenvalue weighted by Crippen LogP contribution is 2.05. The maximum atomic E-state index is 11.0. The summed E-state index contributed by atoms with van der Waals surface area (Å²) in [6.45, 7) is -1.99. The lowest BCUT2D eigenvalue weighted by Crippen LogP contribution is -2.37. The summed E-state index contributed by atoms with van der Waals surface area (Å²) in [5.41, 5.74) is -4.14. The molecule has 9 heavy (non-hydrogen) atoms. The Balaban J connectivity index is 3.68. The van der Waals surface area contributed by atoms with Crippen LogP contribution in [-0.2, 0) is 0 Å². The third-order valence-electron chi connectivity index (χ3n) is 0.456. The first-order valence-corrected chi connectivity index (χ1v) is 1.66. The minimum atomic E-state index is -2.07. The van der Waals surface area contributed by atoms with Gasteiger partial charge >= 0.3 is 0 Å². The molecule has 0 heterocycles. The van der Waals surface area contributed by atoms with Gasteiger partial charge in [0.2, 0.25) is 0 Å². The van der Waals surface area contributed by atoms with Crippen LogP contribution in [0.2, 0.25) is 0 Å². The number of halogens is 5. The predicted molar refractivity (Wildman–Crippen MR) is 15.9 cm³/mol. The van der Waals surface area contributed by atoms with Crippen molar-refractivity contribution in [2.24, 2.45) is 0 Å². The van der Waals surface area contributed by atoms with E-state index in [1.807, 2.05) is 0 Å². The van der Waals surface area contributed by atoms with Crippen molar-refractivity contribution in [3.8, 4) is 0 Å². The number of hydrogen-bond donors (Lipinski definition) is 0. The third-order valence-corrected chi connectivity index (χ3v) is 0.456. The first kappa shape index (κ1) is 8.53. The van der Waals surface area contributed by atoms with E-state index in [0.717, 1.165) is 0 Å². The van der Waals surface area contributed by atoms with Crippen LogP contribution in [0.1, 0.15) is 0 Å². The Morgan fingerprint density at radius 2 is 1.22 bits per heavy atom. The zero-order chi connectivity index (χ0) is 7.44. The molecule has 0 aliphatic rings. The van der Waals surface area contributed by atoms with Crippen molar-refractivity contribution in [3.63, 3.8) is 0 Å². The van der Waals surface area contributed by atoms with Crippen molar-refractivity contribution in [2.45, 2.75) is 0 Å². The molecule has 0 fully saturated rings. The molecule has 0 spiro atoms. The van der Waals surface area contributed by atoms with E-state index in [2.05, 4.69) is 0 Å². The van der Waals surface area contributed by atoms with Gasteiger partial charge < -0.3 is 0 Å². The molecule has 0 amide bonds. The molecule has 0 aliphatic heterocycles. The van der Waals surface area contributed by atoms with Gasteiger partial charge in [0.05, 0.1) is 0 Å². The molecule has 3 nitrogen and oxygen atoms in total. The van der Waals surface area contributed by atoms with Crippen LogP contribution in [0.4, 0.5) is 22.3 Å². The monoisotopic (exact) mass is 151 g/mol. The van der Waals surface area contributed by atoms with E-state index in [1.165, 1.54) is 0 Å². The number of alkyl halides is 1. The highest BCUT2D eigenvalue weighted by molar-refractivity contribution is 4.10. The Bertz CT molecular complexity index is 66.6. The van der Waals surface area contributed by atoms with Crippen LogP contribution in [0.3, 0.4) is 0 Å². The molecule has 56 valence electrons. The molecule has 0 aromatic carbocycles. The quantitative estimate of drug-likeness (QED) is 0.259. The molecule has 0 bridgehead atoms. The summed E-state index contributed by atoms with van der Waals surface area (Å²) < 4.78 is 54.8. The van der Waals surface area contributed by atoms with Gasteiger partial charge in [0.15, 0.2) is 6.80 Å². The van der Waals surface area contributed by atoms with Crippen molar-refractivity contribution in [2.75, 3.05) is 6.80 Å². The van der Waals surface area contributed by atoms with Gasteiger partial charge in [-0.15, -0.1) is 0 Å². The van der Waals surface area contributed by atoms with E-state index in [4.69, 9.17) is 0 Å². The van der Waals surface area contributed by atoms with E-state index in [9.17, 15) is 22.3 Å². The zero-order valence-corrected chi connectivity index (χ0v) is 3.94. The molecular weight excluding hydrogens is 149 g/mol. The average molecular weight is 151 g/mol. The summed E-state index contributed by atoms with van der Waals surface area (Å²) in [7, 11) is 0. The predicted octanol–water partition coefficient (Wildman–Crippen LogP) is 1.19. The summed E-state index contributed by atoms with van der Waals surface area (Å²) in [6.07, 6.45) is 0. The molecule has 0 atom stereocenters. The first-order chi connectivity index (χ1) is 4.09. The molecule has 0 saturated carbocycles. The van der Waals surface area contributed by atoms with Gasteiger partial charge in [0, 0.05) is 0 Å². The van der Waals surface area contributed by atoms with E-state index in [-0.39, 0.29) is 0 Å². The maximum Gasteiger partial charge on any atom is 0.180 e. The van der Waals surface area contributed by atoms with Gasteiger partial charge in [0.25, 0.3) is 0 Å². The molecule has 0 saturated heterocycles. The Labute approximate surface area is 46.5 Å². The van der Waals surface area contributed by atoms with Gasteiger partial charge in [-0.25, -0.2) is 4.39 Å². The second kappa shape index (κ2) is 3.54. The smallest absolute Gasteiger partial charge is 0.180 e. The molecule has 0 radical (unpaired) electrons. The average Bonchev–Trinajstić information content (AvgIpc) is 1.64. The lowest BCUT2D eigenvalue weighted by molar-refractivity contribution is -0.468. The fourth-order valence-electron chi connectivity index (χ4n) is 0.132. The largest absolute Gasteiger partial charge is 0.230 e. The minimum absolute atomic E-state index is 1.21. The van der Waals surface area contributed by atoms with Crippen molar-refractivity contribution >= 4 is 0 Å². The van der Waals surface area contributed by atoms with E-state index in [1.54, 1.807) is 0 Å². The Morgan fingerprint density at radius 1 is 0.889 bits per heavy atom. The van der Waals surface area contributed by atoms with Crippen molar-refractivity contribution < 1.29 is 22.3 Å². The van der Waals surface area contributed by atoms with E-state index >= 15 is 0 Å². The van der Waals surface area contributed by atoms with E-state index < -0.39 is 22.8 Å². The molecule has 0 N–H and O–H groups in total. The Morgan fingerprint density at radius 3 is 1.22 bits per heavy atom. The van der Waals surface area contributed by atoms with Crippen LogP contribution in [0, 0.1) is 0 Å². The minimum Gasteiger partial charge on any atom is -0.230 e. The summed E-state index contributed by atoms with van der Waals surface area (Å²) in [5, 5.41) is -1.21. The second-order valence-electron chi connectivity index (χ2n) is 0.922. The fourth-order valence-corrected chi connectivity index (χ4v) is 0.132. The maximum absolute atomic E-state index is 11.0. The molecule has 0 aromatic rings. The number of hydrogen-bond acceptors (Lipinski definition) is 3. The van der Waals surface area contributed by atoms with Crippen LogP contribution in [0.15, 0.2) is 0 Å². The lowest BCUT2D eigenvalue weighted by Gasteiger charge is -2.14. The molecule has 0 aromatic heterocycles. The topological polar surface area (TPSA) is 9.72 Å². The van der Waals surface area contributed by atoms with Gasteiger partial charge in [-0.05, 0) is 5.12 Å². The highest BCUT2D eigenvalue weighted by atomic mass is 19.4. The van der Waals surface area contributed by atoms with Gasteiger partial charge in [-0.2, -0.15) is 0 Å². The molecule has 0 rings (SSSR count). The van der Waals surface area contributed by atoms with Crippen LogP contribution in [-0.4, -0.2) is 22.8 Å². The van der Waals surface area contributed by atoms with Gasteiger partial charge in [-0.1, -0.05) is 17.9 Å². The van der Waals surface area contributed by atoms with Gasteiger partial charge in [-0.3, -0.25) is 0 Å². The standard InChI is InChI=1S/CH2F5N3/c2-1-7(8(3)4)9(5)6/h1H2. The number of rotatable bonds is 3. The van der Waals surface area contributed by atoms with Crippen LogP contribution < -0.4 is 0 Å². The van der Waals surface area contributed by atoms with Crippen LogP contribution >= 0.6 is 0 Å². The lowest BCUT2D eigenvalue weighted by atomic mass is 11.3. The van der Waals surface area contributed by atoms with Crippen molar-refractivity contribution in [3.05, 3.63) is 0 Å². The number of nitrogens with zero attached hydrogens (tertiary/aromatic N) is 3. The van der Waals surface area contributed by atoms with Crippen molar-refractivity contribution in [1.82, 2.24) is 16.0 Å². The first-order valence-electron chi connectivity index (χ1n) is 1.66. The fraction of sp³-hybridized carbons (Fsp3) is 1.00. The molecule has 0 aliphatic carbocycles. The number of hydrazine groups is 2. The summed E-state index contributed by atoms with van der Waals surface area (Å²) in [4.78, 5) is 0. The summed E-state index contributed by atoms with van der Waals surface area (Å²) in [6, 6.07) is 0. The van der Waals surface area contributed by atoms with Gasteiger partial charge in [0.1, 0.15) is 10.9 Å². The molecular formula is CH2F5N3. The summed E-state index contributed by atoms with van der Waals surface area (Å²) in [5.74, 6) is 0. The van der Waals surface area contributed by atoms with Crippen LogP contribution in [0.25, 0.3) is 0 Å². The normalized spacial score (nSPS) is 12.0. The Hall–Kier alpha value is -0.470. The Kier molecular flexibility index (Phi) is 3.35.